The molecule has 2 aliphatic carbocycles. The molecule has 0 saturated carbocycles. The Morgan fingerprint density at radius 1 is 0.528 bits per heavy atom. The van der Waals surface area contributed by atoms with E-state index in [-0.39, 0.29) is 11.8 Å². The normalized spacial score (nSPS) is 15.3. The first-order valence-electron chi connectivity index (χ1n) is 18.0. The molecule has 2 aromatic heterocycles. The average Bonchev–Trinajstić information content (AvgIpc) is 3.80. The zero-order chi connectivity index (χ0) is 35.5. The lowest BCUT2D eigenvalue weighted by atomic mass is 9.97. The molecule has 0 fully saturated rings. The number of hydrogen-bond donors (Lipinski definition) is 2. The monoisotopic (exact) mass is 692 g/mol. The van der Waals surface area contributed by atoms with E-state index in [2.05, 4.69) is 135 Å². The number of hydrogen-bond acceptors (Lipinski definition) is 7. The van der Waals surface area contributed by atoms with Crippen molar-refractivity contribution in [3.63, 3.8) is 0 Å². The number of benzene rings is 6. The lowest BCUT2D eigenvalue weighted by Gasteiger charge is -2.14. The van der Waals surface area contributed by atoms with Crippen molar-refractivity contribution in [3.8, 4) is 51.2 Å². The highest BCUT2D eigenvalue weighted by atomic mass is 16.5. The van der Waals surface area contributed by atoms with Crippen LogP contribution in [0.15, 0.2) is 134 Å². The standard InChI is InChI=1S/C45H36N6O2/c1-46-25-41-33-9-5-3-7-31(33)35-15-11-27(21-39(35)41)52-29-13-17-37-38-18-14-30(24-44(38)51(43(37)23-29)45-48-19-20-49-50-45)53-28-12-16-36-32-8-4-6-10-34(32)42(26-47-2)40(36)22-28/h3-24,41-42,46-47H,25-26H2,1-2H3. The lowest BCUT2D eigenvalue weighted by Crippen LogP contribution is -2.16. The van der Waals surface area contributed by atoms with Crippen LogP contribution in [0, 0.1) is 0 Å². The Balaban J connectivity index is 1.02. The highest BCUT2D eigenvalue weighted by Crippen LogP contribution is 2.48. The molecular weight excluding hydrogens is 657 g/mol. The Bertz CT molecular complexity index is 2520. The largest absolute Gasteiger partial charge is 0.457 e. The van der Waals surface area contributed by atoms with E-state index < -0.39 is 0 Å². The molecule has 0 radical (unpaired) electrons. The molecule has 8 nitrogen and oxygen atoms in total. The molecule has 0 amide bonds. The molecule has 2 heterocycles. The van der Waals surface area contributed by atoms with Crippen LogP contribution in [0.4, 0.5) is 0 Å². The quantitative estimate of drug-likeness (QED) is 0.156. The van der Waals surface area contributed by atoms with Gasteiger partial charge >= 0.3 is 0 Å². The van der Waals surface area contributed by atoms with Gasteiger partial charge in [-0.05, 0) is 107 Å². The van der Waals surface area contributed by atoms with E-state index in [0.29, 0.717) is 5.95 Å². The fourth-order valence-electron chi connectivity index (χ4n) is 8.49. The SMILES string of the molecule is CNCC1c2ccccc2-c2ccc(Oc3ccc4c5ccc(Oc6ccc7c(c6)C(CNC)c6ccccc6-7)cc5n(-c5nccnn5)c4c3)cc21. The molecule has 2 N–H and O–H groups in total. The van der Waals surface area contributed by atoms with Crippen LogP contribution < -0.4 is 20.1 Å². The van der Waals surface area contributed by atoms with Crippen molar-refractivity contribution < 1.29 is 9.47 Å². The number of likely N-dealkylation sites (N-methyl/N-ethyl adjacent to an activating group) is 2. The van der Waals surface area contributed by atoms with Gasteiger partial charge in [-0.25, -0.2) is 4.98 Å². The van der Waals surface area contributed by atoms with Crippen LogP contribution in [0.1, 0.15) is 34.1 Å². The average molecular weight is 693 g/mol. The second kappa shape index (κ2) is 12.7. The number of aromatic nitrogens is 4. The first-order valence-corrected chi connectivity index (χ1v) is 18.0. The van der Waals surface area contributed by atoms with Crippen molar-refractivity contribution in [1.82, 2.24) is 30.4 Å². The Labute approximate surface area is 307 Å². The molecule has 53 heavy (non-hydrogen) atoms. The minimum Gasteiger partial charge on any atom is -0.457 e. The molecule has 8 heteroatoms. The van der Waals surface area contributed by atoms with Crippen LogP contribution in [-0.2, 0) is 0 Å². The highest BCUT2D eigenvalue weighted by Gasteiger charge is 2.30. The predicted molar refractivity (Wildman–Crippen MR) is 210 cm³/mol. The minimum atomic E-state index is 0.266. The van der Waals surface area contributed by atoms with E-state index in [0.717, 1.165) is 57.9 Å². The Morgan fingerprint density at radius 3 is 1.49 bits per heavy atom. The molecule has 2 aliphatic rings. The second-order valence-corrected chi connectivity index (χ2v) is 13.7. The van der Waals surface area contributed by atoms with E-state index in [1.807, 2.05) is 30.8 Å². The van der Waals surface area contributed by atoms with Crippen LogP contribution in [0.2, 0.25) is 0 Å². The maximum Gasteiger partial charge on any atom is 0.254 e. The summed E-state index contributed by atoms with van der Waals surface area (Å²) in [7, 11) is 4.01. The first kappa shape index (κ1) is 31.4. The van der Waals surface area contributed by atoms with Gasteiger partial charge < -0.3 is 20.1 Å². The third-order valence-electron chi connectivity index (χ3n) is 10.7. The minimum absolute atomic E-state index is 0.266. The number of rotatable bonds is 9. The van der Waals surface area contributed by atoms with Gasteiger partial charge in [-0.3, -0.25) is 4.57 Å². The van der Waals surface area contributed by atoms with E-state index >= 15 is 0 Å². The summed E-state index contributed by atoms with van der Waals surface area (Å²) < 4.78 is 15.2. The molecule has 6 aromatic carbocycles. The molecule has 0 spiro atoms. The summed E-state index contributed by atoms with van der Waals surface area (Å²) in [5, 5.41) is 17.5. The maximum atomic E-state index is 6.59. The summed E-state index contributed by atoms with van der Waals surface area (Å²) >= 11 is 0. The third-order valence-corrected chi connectivity index (χ3v) is 10.7. The molecular formula is C45H36N6O2. The van der Waals surface area contributed by atoms with Gasteiger partial charge in [0.2, 0.25) is 0 Å². The first-order chi connectivity index (χ1) is 26.2. The molecule has 0 aliphatic heterocycles. The Hall–Kier alpha value is -6.35. The molecule has 10 rings (SSSR count). The molecule has 0 saturated heterocycles. The maximum absolute atomic E-state index is 6.59. The summed E-state index contributed by atoms with van der Waals surface area (Å²) in [5.74, 6) is 4.03. The molecule has 0 bridgehead atoms. The summed E-state index contributed by atoms with van der Waals surface area (Å²) in [6.07, 6.45) is 3.25. The van der Waals surface area contributed by atoms with E-state index in [9.17, 15) is 0 Å². The van der Waals surface area contributed by atoms with Crippen LogP contribution in [0.5, 0.6) is 23.0 Å². The fraction of sp³-hybridized carbons (Fsp3) is 0.133. The van der Waals surface area contributed by atoms with Crippen LogP contribution in [0.25, 0.3) is 50.0 Å². The van der Waals surface area contributed by atoms with Gasteiger partial charge in [-0.2, -0.15) is 5.10 Å². The van der Waals surface area contributed by atoms with Gasteiger partial charge in [0.1, 0.15) is 23.0 Å². The summed E-state index contributed by atoms with van der Waals surface area (Å²) in [5.41, 5.74) is 12.2. The van der Waals surface area contributed by atoms with Crippen molar-refractivity contribution in [1.29, 1.82) is 0 Å². The highest BCUT2D eigenvalue weighted by molar-refractivity contribution is 6.09. The lowest BCUT2D eigenvalue weighted by molar-refractivity contribution is 0.482. The van der Waals surface area contributed by atoms with Crippen molar-refractivity contribution in [2.75, 3.05) is 27.2 Å². The van der Waals surface area contributed by atoms with Crippen LogP contribution in [-0.4, -0.2) is 46.9 Å². The topological polar surface area (TPSA) is 86.1 Å². The Kier molecular flexibility index (Phi) is 7.52. The smallest absolute Gasteiger partial charge is 0.254 e. The molecule has 258 valence electrons. The van der Waals surface area contributed by atoms with Crippen LogP contribution >= 0.6 is 0 Å². The van der Waals surface area contributed by atoms with Gasteiger partial charge in [0.15, 0.2) is 0 Å². The predicted octanol–water partition coefficient (Wildman–Crippen LogP) is 9.22. The van der Waals surface area contributed by atoms with Crippen molar-refractivity contribution in [3.05, 3.63) is 156 Å². The fourth-order valence-corrected chi connectivity index (χ4v) is 8.49. The number of ether oxygens (including phenoxy) is 2. The van der Waals surface area contributed by atoms with E-state index in [1.165, 1.54) is 44.5 Å². The Morgan fingerprint density at radius 2 is 1.00 bits per heavy atom. The van der Waals surface area contributed by atoms with Gasteiger partial charge in [0, 0.05) is 47.8 Å². The van der Waals surface area contributed by atoms with Crippen LogP contribution in [0.3, 0.4) is 0 Å². The summed E-state index contributed by atoms with van der Waals surface area (Å²) in [6, 6.07) is 42.5. The van der Waals surface area contributed by atoms with Crippen molar-refractivity contribution in [2.24, 2.45) is 0 Å². The second-order valence-electron chi connectivity index (χ2n) is 13.7. The molecule has 2 atom stereocenters. The van der Waals surface area contributed by atoms with E-state index in [4.69, 9.17) is 9.47 Å². The third kappa shape index (κ3) is 5.17. The molecule has 2 unspecified atom stereocenters. The molecule has 8 aromatic rings. The van der Waals surface area contributed by atoms with E-state index in [1.54, 1.807) is 12.4 Å². The number of nitrogens with one attached hydrogen (secondary N) is 2. The zero-order valence-corrected chi connectivity index (χ0v) is 29.4. The van der Waals surface area contributed by atoms with Crippen molar-refractivity contribution >= 4 is 21.8 Å². The van der Waals surface area contributed by atoms with Gasteiger partial charge in [-0.15, -0.1) is 5.10 Å². The van der Waals surface area contributed by atoms with Crippen molar-refractivity contribution in [2.45, 2.75) is 11.8 Å². The summed E-state index contributed by atoms with van der Waals surface area (Å²) in [4.78, 5) is 4.61. The summed E-state index contributed by atoms with van der Waals surface area (Å²) in [6.45, 7) is 1.71. The van der Waals surface area contributed by atoms with Gasteiger partial charge in [-0.1, -0.05) is 60.7 Å². The van der Waals surface area contributed by atoms with Gasteiger partial charge in [0.25, 0.3) is 5.95 Å². The number of nitrogens with zero attached hydrogens (tertiary/aromatic N) is 4. The number of fused-ring (bicyclic) bond motifs is 9. The van der Waals surface area contributed by atoms with Gasteiger partial charge in [0.05, 0.1) is 23.4 Å². The zero-order valence-electron chi connectivity index (χ0n) is 29.4.